The number of nitrogens with one attached hydrogen (secondary N) is 1. The highest BCUT2D eigenvalue weighted by molar-refractivity contribution is 7.99. The highest BCUT2D eigenvalue weighted by Gasteiger charge is 2.15. The van der Waals surface area contributed by atoms with Gasteiger partial charge in [-0.15, -0.1) is 11.8 Å². The predicted molar refractivity (Wildman–Crippen MR) is 80.3 cm³/mol. The Hall–Kier alpha value is -1.95. The van der Waals surface area contributed by atoms with Crippen molar-refractivity contribution in [2.75, 3.05) is 11.1 Å². The van der Waals surface area contributed by atoms with E-state index in [1.54, 1.807) is 12.3 Å². The van der Waals surface area contributed by atoms with Gasteiger partial charge in [0.25, 0.3) is 0 Å². The summed E-state index contributed by atoms with van der Waals surface area (Å²) in [6, 6.07) is 5.49. The number of thioether (sulfide) groups is 1. The van der Waals surface area contributed by atoms with Crippen LogP contribution in [0, 0.1) is 0 Å². The number of carboxylic acids is 1. The molecule has 2 aromatic rings. The monoisotopic (exact) mass is 291 g/mol. The molecule has 1 aromatic heterocycles. The van der Waals surface area contributed by atoms with Gasteiger partial charge in [-0.3, -0.25) is 0 Å². The molecular weight excluding hydrogens is 274 g/mol. The van der Waals surface area contributed by atoms with Crippen LogP contribution < -0.4 is 5.32 Å². The number of carbonyl (C=O) groups is 1. The predicted octanol–water partition coefficient (Wildman–Crippen LogP) is 2.84. The largest absolute Gasteiger partial charge is 0.478 e. The summed E-state index contributed by atoms with van der Waals surface area (Å²) in [7, 11) is 1.91. The third-order valence-corrected chi connectivity index (χ3v) is 3.84. The number of aryl methyl sites for hydroxylation is 1. The lowest BCUT2D eigenvalue weighted by Gasteiger charge is -2.12. The maximum atomic E-state index is 11.5. The van der Waals surface area contributed by atoms with Gasteiger partial charge in [0, 0.05) is 24.3 Å². The van der Waals surface area contributed by atoms with Crippen LogP contribution >= 0.6 is 11.8 Å². The molecule has 0 amide bonds. The Morgan fingerprint density at radius 1 is 1.50 bits per heavy atom. The molecule has 2 N–H and O–H groups in total. The zero-order valence-corrected chi connectivity index (χ0v) is 12.3. The van der Waals surface area contributed by atoms with Crippen LogP contribution in [-0.4, -0.2) is 26.4 Å². The van der Waals surface area contributed by atoms with Crippen LogP contribution in [-0.2, 0) is 13.6 Å². The summed E-state index contributed by atoms with van der Waals surface area (Å²) < 4.78 is 1.90. The zero-order valence-electron chi connectivity index (χ0n) is 11.5. The van der Waals surface area contributed by atoms with E-state index in [4.69, 9.17) is 0 Å². The Morgan fingerprint density at radius 2 is 2.30 bits per heavy atom. The second-order valence-corrected chi connectivity index (χ2v) is 5.53. The molecule has 0 aliphatic carbocycles. The summed E-state index contributed by atoms with van der Waals surface area (Å²) >= 11 is 1.53. The van der Waals surface area contributed by atoms with E-state index in [0.29, 0.717) is 17.8 Å². The quantitative estimate of drug-likeness (QED) is 0.801. The van der Waals surface area contributed by atoms with Gasteiger partial charge in [0.1, 0.15) is 5.82 Å². The van der Waals surface area contributed by atoms with Gasteiger partial charge >= 0.3 is 5.97 Å². The molecule has 0 bridgehead atoms. The normalized spacial score (nSPS) is 10.5. The maximum absolute atomic E-state index is 11.5. The molecule has 0 unspecified atom stereocenters. The summed E-state index contributed by atoms with van der Waals surface area (Å²) in [4.78, 5) is 16.5. The second-order valence-electron chi connectivity index (χ2n) is 4.22. The molecule has 5 nitrogen and oxygen atoms in total. The van der Waals surface area contributed by atoms with Gasteiger partial charge in [-0.25, -0.2) is 9.78 Å². The minimum atomic E-state index is -0.913. The number of aromatic carboxylic acids is 1. The molecule has 0 atom stereocenters. The van der Waals surface area contributed by atoms with Gasteiger partial charge < -0.3 is 15.0 Å². The van der Waals surface area contributed by atoms with E-state index in [1.165, 1.54) is 11.8 Å². The highest BCUT2D eigenvalue weighted by Crippen LogP contribution is 2.28. The number of hydrogen-bond donors (Lipinski definition) is 2. The lowest BCUT2D eigenvalue weighted by atomic mass is 10.1. The Kier molecular flexibility index (Phi) is 4.68. The molecule has 0 radical (unpaired) electrons. The Morgan fingerprint density at radius 3 is 2.90 bits per heavy atom. The molecule has 1 heterocycles. The first-order valence-corrected chi connectivity index (χ1v) is 7.31. The maximum Gasteiger partial charge on any atom is 0.338 e. The van der Waals surface area contributed by atoms with Gasteiger partial charge in [-0.05, 0) is 17.9 Å². The van der Waals surface area contributed by atoms with Gasteiger partial charge in [0.2, 0.25) is 0 Å². The molecule has 0 aliphatic rings. The topological polar surface area (TPSA) is 67.2 Å². The first kappa shape index (κ1) is 14.5. The fraction of sp³-hybridized carbons (Fsp3) is 0.286. The van der Waals surface area contributed by atoms with E-state index >= 15 is 0 Å². The third-order valence-electron chi connectivity index (χ3n) is 2.90. The first-order valence-electron chi connectivity index (χ1n) is 6.32. The molecule has 0 fully saturated rings. The van der Waals surface area contributed by atoms with Crippen molar-refractivity contribution >= 4 is 23.4 Å². The van der Waals surface area contributed by atoms with Crippen molar-refractivity contribution in [1.29, 1.82) is 0 Å². The SMILES string of the molecule is CCSc1cccc(NCc2nccn2C)c1C(=O)O. The molecule has 1 aromatic carbocycles. The van der Waals surface area contributed by atoms with Gasteiger partial charge in [-0.1, -0.05) is 13.0 Å². The molecule has 106 valence electrons. The first-order chi connectivity index (χ1) is 9.63. The molecule has 2 rings (SSSR count). The molecule has 0 saturated carbocycles. The van der Waals surface area contributed by atoms with Crippen molar-refractivity contribution in [2.45, 2.75) is 18.4 Å². The average Bonchev–Trinajstić information content (AvgIpc) is 2.82. The van der Waals surface area contributed by atoms with E-state index in [0.717, 1.165) is 16.5 Å². The zero-order chi connectivity index (χ0) is 14.5. The smallest absolute Gasteiger partial charge is 0.338 e. The third kappa shape index (κ3) is 3.14. The Balaban J connectivity index is 2.24. The van der Waals surface area contributed by atoms with Crippen molar-refractivity contribution < 1.29 is 9.90 Å². The van der Waals surface area contributed by atoms with Crippen LogP contribution in [0.1, 0.15) is 23.1 Å². The average molecular weight is 291 g/mol. The van der Waals surface area contributed by atoms with Crippen LogP contribution in [0.25, 0.3) is 0 Å². The Labute approximate surface area is 122 Å². The lowest BCUT2D eigenvalue weighted by molar-refractivity contribution is 0.0694. The van der Waals surface area contributed by atoms with Crippen LogP contribution in [0.5, 0.6) is 0 Å². The number of anilines is 1. The number of aromatic nitrogens is 2. The summed E-state index contributed by atoms with van der Waals surface area (Å²) in [5.41, 5.74) is 0.951. The molecule has 20 heavy (non-hydrogen) atoms. The molecule has 0 spiro atoms. The van der Waals surface area contributed by atoms with Crippen LogP contribution in [0.15, 0.2) is 35.5 Å². The number of benzene rings is 1. The van der Waals surface area contributed by atoms with Crippen LogP contribution in [0.2, 0.25) is 0 Å². The second kappa shape index (κ2) is 6.47. The van der Waals surface area contributed by atoms with E-state index in [2.05, 4.69) is 10.3 Å². The molecule has 6 heteroatoms. The number of hydrogen-bond acceptors (Lipinski definition) is 4. The number of nitrogens with zero attached hydrogens (tertiary/aromatic N) is 2. The van der Waals surface area contributed by atoms with Crippen molar-refractivity contribution in [3.8, 4) is 0 Å². The minimum absolute atomic E-state index is 0.327. The van der Waals surface area contributed by atoms with Crippen molar-refractivity contribution in [2.24, 2.45) is 7.05 Å². The van der Waals surface area contributed by atoms with Crippen LogP contribution in [0.3, 0.4) is 0 Å². The van der Waals surface area contributed by atoms with Crippen molar-refractivity contribution in [1.82, 2.24) is 9.55 Å². The number of imidazole rings is 1. The van der Waals surface area contributed by atoms with E-state index in [9.17, 15) is 9.90 Å². The number of carboxylic acid groups (broad SMARTS) is 1. The standard InChI is InChI=1S/C14H17N3O2S/c1-3-20-11-6-4-5-10(13(11)14(18)19)16-9-12-15-7-8-17(12)2/h4-8,16H,3,9H2,1-2H3,(H,18,19). The van der Waals surface area contributed by atoms with Crippen molar-refractivity contribution in [3.63, 3.8) is 0 Å². The summed E-state index contributed by atoms with van der Waals surface area (Å²) in [5.74, 6) is 0.780. The molecule has 0 saturated heterocycles. The summed E-state index contributed by atoms with van der Waals surface area (Å²) in [6.45, 7) is 2.49. The highest BCUT2D eigenvalue weighted by atomic mass is 32.2. The van der Waals surface area contributed by atoms with Crippen molar-refractivity contribution in [3.05, 3.63) is 42.0 Å². The lowest BCUT2D eigenvalue weighted by Crippen LogP contribution is -2.10. The van der Waals surface area contributed by atoms with E-state index in [1.807, 2.05) is 36.9 Å². The Bertz CT molecular complexity index is 610. The van der Waals surface area contributed by atoms with E-state index in [-0.39, 0.29) is 0 Å². The molecular formula is C14H17N3O2S. The summed E-state index contributed by atoms with van der Waals surface area (Å²) in [5, 5.41) is 12.6. The van der Waals surface area contributed by atoms with Crippen LogP contribution in [0.4, 0.5) is 5.69 Å². The van der Waals surface area contributed by atoms with E-state index < -0.39 is 5.97 Å². The number of rotatable bonds is 6. The molecule has 0 aliphatic heterocycles. The van der Waals surface area contributed by atoms with Gasteiger partial charge in [0.15, 0.2) is 0 Å². The fourth-order valence-corrected chi connectivity index (χ4v) is 2.74. The fourth-order valence-electron chi connectivity index (χ4n) is 1.92. The minimum Gasteiger partial charge on any atom is -0.478 e. The van der Waals surface area contributed by atoms with Gasteiger partial charge in [-0.2, -0.15) is 0 Å². The summed E-state index contributed by atoms with van der Waals surface area (Å²) in [6.07, 6.45) is 3.58. The van der Waals surface area contributed by atoms with Gasteiger partial charge in [0.05, 0.1) is 17.8 Å².